The van der Waals surface area contributed by atoms with E-state index in [2.05, 4.69) is 22.0 Å². The number of nitriles is 1. The molecule has 0 amide bonds. The van der Waals surface area contributed by atoms with Crippen molar-refractivity contribution in [2.75, 3.05) is 7.11 Å². The topological polar surface area (TPSA) is 42.2 Å². The fourth-order valence-electron chi connectivity index (χ4n) is 1.12. The Hall–Kier alpha value is -1.21. The molecule has 0 unspecified atom stereocenters. The van der Waals surface area contributed by atoms with Gasteiger partial charge in [-0.25, -0.2) is 0 Å². The van der Waals surface area contributed by atoms with Crippen molar-refractivity contribution in [3.8, 4) is 17.6 Å². The van der Waals surface area contributed by atoms with Crippen molar-refractivity contribution < 1.29 is 9.47 Å². The highest BCUT2D eigenvalue weighted by Gasteiger charge is 2.12. The van der Waals surface area contributed by atoms with Gasteiger partial charge in [0.1, 0.15) is 11.8 Å². The number of hydrogen-bond donors (Lipinski definition) is 0. The Morgan fingerprint density at radius 2 is 2.07 bits per heavy atom. The predicted molar refractivity (Wildman–Crippen MR) is 61.2 cm³/mol. The van der Waals surface area contributed by atoms with Gasteiger partial charge in [-0.15, -0.1) is 0 Å². The van der Waals surface area contributed by atoms with Crippen LogP contribution < -0.4 is 9.47 Å². The molecule has 0 spiro atoms. The molecule has 80 valence electrons. The Kier molecular flexibility index (Phi) is 3.98. The summed E-state index contributed by atoms with van der Waals surface area (Å²) in [6, 6.07) is 5.51. The average molecular weight is 270 g/mol. The average Bonchev–Trinajstić information content (AvgIpc) is 2.20. The fourth-order valence-corrected chi connectivity index (χ4v) is 1.66. The van der Waals surface area contributed by atoms with Crippen LogP contribution in [0.4, 0.5) is 0 Å². The van der Waals surface area contributed by atoms with Gasteiger partial charge in [0.25, 0.3) is 0 Å². The Bertz CT molecular complexity index is 396. The van der Waals surface area contributed by atoms with E-state index >= 15 is 0 Å². The Morgan fingerprint density at radius 3 is 2.53 bits per heavy atom. The van der Waals surface area contributed by atoms with Crippen LogP contribution >= 0.6 is 15.9 Å². The molecule has 0 atom stereocenters. The molecule has 0 saturated carbocycles. The van der Waals surface area contributed by atoms with Crippen molar-refractivity contribution >= 4 is 15.9 Å². The molecule has 3 nitrogen and oxygen atoms in total. The van der Waals surface area contributed by atoms with Crippen molar-refractivity contribution in [2.24, 2.45) is 0 Å². The molecule has 0 fully saturated rings. The molecule has 0 N–H and O–H groups in total. The largest absolute Gasteiger partial charge is 0.497 e. The molecule has 0 bridgehead atoms. The van der Waals surface area contributed by atoms with E-state index in [9.17, 15) is 0 Å². The Morgan fingerprint density at radius 1 is 1.40 bits per heavy atom. The van der Waals surface area contributed by atoms with Gasteiger partial charge < -0.3 is 9.47 Å². The van der Waals surface area contributed by atoms with Gasteiger partial charge in [-0.05, 0) is 35.8 Å². The van der Waals surface area contributed by atoms with E-state index in [0.717, 1.165) is 4.47 Å². The van der Waals surface area contributed by atoms with Crippen LogP contribution in [0, 0.1) is 11.3 Å². The molecular formula is C11H12BrNO2. The van der Waals surface area contributed by atoms with Crippen LogP contribution in [0.1, 0.15) is 19.4 Å². The number of hydrogen-bond acceptors (Lipinski definition) is 3. The smallest absolute Gasteiger partial charge is 0.151 e. The molecule has 15 heavy (non-hydrogen) atoms. The second kappa shape index (κ2) is 5.04. The van der Waals surface area contributed by atoms with Gasteiger partial charge in [-0.1, -0.05) is 0 Å². The normalized spacial score (nSPS) is 9.87. The molecule has 4 heteroatoms. The highest BCUT2D eigenvalue weighted by Crippen LogP contribution is 2.33. The van der Waals surface area contributed by atoms with Crippen molar-refractivity contribution in [1.29, 1.82) is 5.26 Å². The van der Waals surface area contributed by atoms with E-state index in [1.165, 1.54) is 0 Å². The number of rotatable bonds is 3. The second-order valence-electron chi connectivity index (χ2n) is 3.26. The van der Waals surface area contributed by atoms with E-state index in [-0.39, 0.29) is 6.10 Å². The monoisotopic (exact) mass is 269 g/mol. The number of nitrogens with zero attached hydrogens (tertiary/aromatic N) is 1. The molecule has 0 saturated heterocycles. The molecule has 0 aliphatic rings. The molecule has 0 aliphatic heterocycles. The highest BCUT2D eigenvalue weighted by atomic mass is 79.9. The quantitative estimate of drug-likeness (QED) is 0.847. The third-order valence-corrected chi connectivity index (χ3v) is 2.32. The minimum absolute atomic E-state index is 0.0294. The highest BCUT2D eigenvalue weighted by molar-refractivity contribution is 9.10. The number of halogens is 1. The van der Waals surface area contributed by atoms with Crippen LogP contribution in [0.5, 0.6) is 11.5 Å². The first-order valence-corrected chi connectivity index (χ1v) is 5.32. The van der Waals surface area contributed by atoms with Gasteiger partial charge in [-0.2, -0.15) is 5.26 Å². The molecule has 1 aromatic carbocycles. The van der Waals surface area contributed by atoms with Gasteiger partial charge in [-0.3, -0.25) is 0 Å². The third-order valence-electron chi connectivity index (χ3n) is 1.73. The lowest BCUT2D eigenvalue weighted by Gasteiger charge is -2.13. The maximum atomic E-state index is 8.97. The SMILES string of the molecule is COc1cc(Br)c(OC(C)C)c(C#N)c1. The van der Waals surface area contributed by atoms with E-state index in [1.807, 2.05) is 13.8 Å². The summed E-state index contributed by atoms with van der Waals surface area (Å²) in [7, 11) is 1.56. The van der Waals surface area contributed by atoms with E-state index in [1.54, 1.807) is 19.2 Å². The lowest BCUT2D eigenvalue weighted by atomic mass is 10.2. The number of benzene rings is 1. The zero-order chi connectivity index (χ0) is 11.4. The summed E-state index contributed by atoms with van der Waals surface area (Å²) in [5.41, 5.74) is 0.468. The van der Waals surface area contributed by atoms with Crippen LogP contribution in [-0.4, -0.2) is 13.2 Å². The van der Waals surface area contributed by atoms with Crippen molar-refractivity contribution in [1.82, 2.24) is 0 Å². The van der Waals surface area contributed by atoms with E-state index in [0.29, 0.717) is 17.1 Å². The van der Waals surface area contributed by atoms with Gasteiger partial charge >= 0.3 is 0 Å². The summed E-state index contributed by atoms with van der Waals surface area (Å²) in [6.45, 7) is 3.83. The Balaban J connectivity index is 3.20. The number of methoxy groups -OCH3 is 1. The standard InChI is InChI=1S/C11H12BrNO2/c1-7(2)15-11-8(6-13)4-9(14-3)5-10(11)12/h4-5,7H,1-3H3. The minimum atomic E-state index is 0.0294. The first-order valence-electron chi connectivity index (χ1n) is 4.52. The lowest BCUT2D eigenvalue weighted by molar-refractivity contribution is 0.239. The van der Waals surface area contributed by atoms with Crippen molar-refractivity contribution in [3.05, 3.63) is 22.2 Å². The maximum absolute atomic E-state index is 8.97. The van der Waals surface area contributed by atoms with E-state index in [4.69, 9.17) is 14.7 Å². The summed E-state index contributed by atoms with van der Waals surface area (Å²) >= 11 is 3.35. The third kappa shape index (κ3) is 2.87. The second-order valence-corrected chi connectivity index (χ2v) is 4.12. The van der Waals surface area contributed by atoms with Crippen LogP contribution in [0.3, 0.4) is 0 Å². The molecule has 1 rings (SSSR count). The van der Waals surface area contributed by atoms with Gasteiger partial charge in [0.15, 0.2) is 5.75 Å². The molecule has 1 aromatic rings. The van der Waals surface area contributed by atoms with Crippen molar-refractivity contribution in [3.63, 3.8) is 0 Å². The van der Waals surface area contributed by atoms with Gasteiger partial charge in [0, 0.05) is 6.07 Å². The molecule has 0 aromatic heterocycles. The zero-order valence-corrected chi connectivity index (χ0v) is 10.5. The zero-order valence-electron chi connectivity index (χ0n) is 8.87. The van der Waals surface area contributed by atoms with Crippen LogP contribution in [0.2, 0.25) is 0 Å². The minimum Gasteiger partial charge on any atom is -0.497 e. The molecule has 0 radical (unpaired) electrons. The summed E-state index contributed by atoms with van der Waals surface area (Å²) in [5.74, 6) is 1.20. The number of ether oxygens (including phenoxy) is 2. The van der Waals surface area contributed by atoms with Crippen LogP contribution in [-0.2, 0) is 0 Å². The van der Waals surface area contributed by atoms with Gasteiger partial charge in [0.05, 0.1) is 23.2 Å². The summed E-state index contributed by atoms with van der Waals surface area (Å²) < 4.78 is 11.3. The summed E-state index contributed by atoms with van der Waals surface area (Å²) in [6.07, 6.45) is 0.0294. The van der Waals surface area contributed by atoms with E-state index < -0.39 is 0 Å². The first kappa shape index (κ1) is 11.9. The molecular weight excluding hydrogens is 258 g/mol. The van der Waals surface area contributed by atoms with Gasteiger partial charge in [0.2, 0.25) is 0 Å². The first-order chi connectivity index (χ1) is 7.08. The fraction of sp³-hybridized carbons (Fsp3) is 0.364. The van der Waals surface area contributed by atoms with Crippen LogP contribution in [0.25, 0.3) is 0 Å². The summed E-state index contributed by atoms with van der Waals surface area (Å²) in [5, 5.41) is 8.97. The predicted octanol–water partition coefficient (Wildman–Crippen LogP) is 3.12. The Labute approximate surface area is 97.7 Å². The maximum Gasteiger partial charge on any atom is 0.151 e. The van der Waals surface area contributed by atoms with Crippen LogP contribution in [0.15, 0.2) is 16.6 Å². The molecule has 0 aliphatic carbocycles. The summed E-state index contributed by atoms with van der Waals surface area (Å²) in [4.78, 5) is 0. The van der Waals surface area contributed by atoms with Crippen molar-refractivity contribution in [2.45, 2.75) is 20.0 Å². The lowest BCUT2D eigenvalue weighted by Crippen LogP contribution is -2.07. The molecule has 0 heterocycles.